The molecule has 5 rings (SSSR count). The van der Waals surface area contributed by atoms with Crippen molar-refractivity contribution in [2.75, 3.05) is 17.2 Å². The quantitative estimate of drug-likeness (QED) is 0.141. The largest absolute Gasteiger partial charge is 0.337 e. The van der Waals surface area contributed by atoms with Crippen LogP contribution in [-0.4, -0.2) is 40.3 Å². The van der Waals surface area contributed by atoms with Crippen molar-refractivity contribution < 1.29 is 19.2 Å². The monoisotopic (exact) mass is 663 g/mol. The van der Waals surface area contributed by atoms with Gasteiger partial charge in [0.2, 0.25) is 11.8 Å². The van der Waals surface area contributed by atoms with E-state index in [-0.39, 0.29) is 17.5 Å². The van der Waals surface area contributed by atoms with Gasteiger partial charge in [-0.2, -0.15) is 5.26 Å². The van der Waals surface area contributed by atoms with Crippen LogP contribution in [0.1, 0.15) is 51.3 Å². The van der Waals surface area contributed by atoms with E-state index in [1.165, 1.54) is 30.0 Å². The van der Waals surface area contributed by atoms with E-state index < -0.39 is 17.1 Å². The fourth-order valence-electron chi connectivity index (χ4n) is 5.06. The van der Waals surface area contributed by atoms with Crippen molar-refractivity contribution in [3.05, 3.63) is 117 Å². The zero-order valence-electron chi connectivity index (χ0n) is 26.1. The third kappa shape index (κ3) is 8.35. The van der Waals surface area contributed by atoms with Gasteiger partial charge in [0.25, 0.3) is 11.8 Å². The van der Waals surface area contributed by atoms with Gasteiger partial charge in [0.1, 0.15) is 16.8 Å². The molecule has 238 valence electrons. The number of thiophene rings is 1. The predicted octanol–water partition coefficient (Wildman–Crippen LogP) is 6.36. The van der Waals surface area contributed by atoms with Crippen LogP contribution < -0.4 is 16.0 Å². The second-order valence-corrected chi connectivity index (χ2v) is 13.6. The van der Waals surface area contributed by atoms with Gasteiger partial charge < -0.3 is 20.9 Å². The summed E-state index contributed by atoms with van der Waals surface area (Å²) in [5, 5.41) is 18.3. The molecule has 4 amide bonds. The van der Waals surface area contributed by atoms with Crippen molar-refractivity contribution in [1.29, 1.82) is 5.26 Å². The summed E-state index contributed by atoms with van der Waals surface area (Å²) in [5.74, 6) is -1.20. The van der Waals surface area contributed by atoms with Crippen LogP contribution in [0.4, 0.5) is 10.7 Å². The van der Waals surface area contributed by atoms with E-state index in [0.717, 1.165) is 26.5 Å². The molecule has 1 unspecified atom stereocenters. The van der Waals surface area contributed by atoms with Gasteiger partial charge in [0, 0.05) is 34.5 Å². The summed E-state index contributed by atoms with van der Waals surface area (Å²) in [6, 6.07) is 25.6. The van der Waals surface area contributed by atoms with Crippen LogP contribution in [0.3, 0.4) is 0 Å². The molecule has 0 bridgehead atoms. The number of anilines is 2. The number of carbonyl (C=O) groups excluding carboxylic acids is 4. The third-order valence-corrected chi connectivity index (χ3v) is 9.73. The molecule has 11 heteroatoms. The highest BCUT2D eigenvalue weighted by atomic mass is 32.2. The van der Waals surface area contributed by atoms with E-state index in [0.29, 0.717) is 41.3 Å². The summed E-state index contributed by atoms with van der Waals surface area (Å²) in [6.07, 6.45) is 2.20. The van der Waals surface area contributed by atoms with Gasteiger partial charge in [0.15, 0.2) is 0 Å². The van der Waals surface area contributed by atoms with Crippen LogP contribution in [0, 0.1) is 18.3 Å². The van der Waals surface area contributed by atoms with E-state index in [1.54, 1.807) is 60.4 Å². The summed E-state index contributed by atoms with van der Waals surface area (Å²) in [7, 11) is 0. The number of thioether (sulfide) groups is 1. The molecule has 47 heavy (non-hydrogen) atoms. The molecule has 0 fully saturated rings. The zero-order chi connectivity index (χ0) is 33.5. The molecule has 0 aliphatic carbocycles. The number of aryl methyl sites for hydroxylation is 1. The molecule has 1 aliphatic rings. The average Bonchev–Trinajstić information content (AvgIpc) is 3.41. The lowest BCUT2D eigenvalue weighted by Crippen LogP contribution is -2.33. The lowest BCUT2D eigenvalue weighted by molar-refractivity contribution is -0.129. The van der Waals surface area contributed by atoms with Crippen molar-refractivity contribution in [3.63, 3.8) is 0 Å². The molecule has 2 heterocycles. The topological polar surface area (TPSA) is 131 Å². The predicted molar refractivity (Wildman–Crippen MR) is 186 cm³/mol. The number of nitrogens with zero attached hydrogens (tertiary/aromatic N) is 2. The number of carbonyl (C=O) groups is 4. The maximum atomic E-state index is 13.5. The zero-order valence-corrected chi connectivity index (χ0v) is 27.8. The van der Waals surface area contributed by atoms with Gasteiger partial charge in [-0.3, -0.25) is 19.2 Å². The number of amides is 4. The number of rotatable bonds is 9. The smallest absolute Gasteiger partial charge is 0.272 e. The lowest BCUT2D eigenvalue weighted by atomic mass is 10.0. The summed E-state index contributed by atoms with van der Waals surface area (Å²) < 4.78 is 0. The molecule has 9 nitrogen and oxygen atoms in total. The molecule has 3 N–H and O–H groups in total. The number of benzene rings is 3. The van der Waals surface area contributed by atoms with Crippen molar-refractivity contribution >= 4 is 63.5 Å². The number of fused-ring (bicyclic) bond motifs is 1. The van der Waals surface area contributed by atoms with Crippen molar-refractivity contribution in [2.45, 2.75) is 43.9 Å². The molecule has 0 radical (unpaired) electrons. The van der Waals surface area contributed by atoms with Gasteiger partial charge in [0.05, 0.1) is 17.4 Å². The van der Waals surface area contributed by atoms with Crippen LogP contribution in [0.5, 0.6) is 0 Å². The molecule has 0 saturated heterocycles. The SMILES string of the molecule is CC(=O)N1CCc2c(sc(NC(=O)C(C)Sc3cccc(NC(=O)/C(=C\c4cccc(C)c4)NC(=O)c4ccccc4)c3)c2C#N)C1. The minimum Gasteiger partial charge on any atom is -0.337 e. The summed E-state index contributed by atoms with van der Waals surface area (Å²) >= 11 is 2.64. The Bertz CT molecular complexity index is 1910. The molecule has 0 spiro atoms. The first kappa shape index (κ1) is 33.2. The highest BCUT2D eigenvalue weighted by Gasteiger charge is 2.27. The Morgan fingerprint density at radius 2 is 1.77 bits per heavy atom. The Kier molecular flexibility index (Phi) is 10.6. The van der Waals surface area contributed by atoms with Crippen molar-refractivity contribution in [1.82, 2.24) is 10.2 Å². The molecular formula is C36H33N5O4S2. The van der Waals surface area contributed by atoms with Gasteiger partial charge >= 0.3 is 0 Å². The number of nitrogens with one attached hydrogen (secondary N) is 3. The summed E-state index contributed by atoms with van der Waals surface area (Å²) in [6.45, 7) is 6.22. The molecule has 1 atom stereocenters. The minimum absolute atomic E-state index is 0.0213. The van der Waals surface area contributed by atoms with Gasteiger partial charge in [-0.05, 0) is 67.8 Å². The maximum absolute atomic E-state index is 13.5. The highest BCUT2D eigenvalue weighted by Crippen LogP contribution is 2.37. The number of nitriles is 1. The summed E-state index contributed by atoms with van der Waals surface area (Å²) in [4.78, 5) is 54.9. The molecule has 0 saturated carbocycles. The first-order valence-corrected chi connectivity index (χ1v) is 16.6. The first-order chi connectivity index (χ1) is 22.6. The van der Waals surface area contributed by atoms with Gasteiger partial charge in [-0.25, -0.2) is 0 Å². The Balaban J connectivity index is 1.28. The van der Waals surface area contributed by atoms with Crippen molar-refractivity contribution in [2.24, 2.45) is 0 Å². The van der Waals surface area contributed by atoms with Crippen LogP contribution in [0.2, 0.25) is 0 Å². The normalized spacial score (nSPS) is 13.1. The Morgan fingerprint density at radius 1 is 1.00 bits per heavy atom. The second kappa shape index (κ2) is 14.9. The van der Waals surface area contributed by atoms with Crippen LogP contribution in [0.25, 0.3) is 6.08 Å². The van der Waals surface area contributed by atoms with Crippen molar-refractivity contribution in [3.8, 4) is 6.07 Å². The van der Waals surface area contributed by atoms with E-state index >= 15 is 0 Å². The van der Waals surface area contributed by atoms with Crippen LogP contribution in [-0.2, 0) is 27.3 Å². The highest BCUT2D eigenvalue weighted by molar-refractivity contribution is 8.00. The summed E-state index contributed by atoms with van der Waals surface area (Å²) in [5.41, 5.74) is 4.11. The van der Waals surface area contributed by atoms with E-state index in [4.69, 9.17) is 0 Å². The van der Waals surface area contributed by atoms with Crippen LogP contribution in [0.15, 0.2) is 89.5 Å². The van der Waals surface area contributed by atoms with Gasteiger partial charge in [-0.1, -0.05) is 54.1 Å². The van der Waals surface area contributed by atoms with E-state index in [2.05, 4.69) is 22.0 Å². The Hall–Kier alpha value is -5.18. The van der Waals surface area contributed by atoms with Gasteiger partial charge in [-0.15, -0.1) is 23.1 Å². The first-order valence-electron chi connectivity index (χ1n) is 14.9. The molecule has 1 aliphatic heterocycles. The third-order valence-electron chi connectivity index (χ3n) is 7.51. The fourth-order valence-corrected chi connectivity index (χ4v) is 7.21. The Labute approximate surface area is 281 Å². The fraction of sp³-hybridized carbons (Fsp3) is 0.194. The molecule has 1 aromatic heterocycles. The number of hydrogen-bond acceptors (Lipinski definition) is 7. The second-order valence-electron chi connectivity index (χ2n) is 11.0. The van der Waals surface area contributed by atoms with E-state index in [1.807, 2.05) is 43.3 Å². The van der Waals surface area contributed by atoms with Crippen LogP contribution >= 0.6 is 23.1 Å². The Morgan fingerprint density at radius 3 is 2.49 bits per heavy atom. The van der Waals surface area contributed by atoms with E-state index in [9.17, 15) is 24.4 Å². The molecule has 3 aromatic carbocycles. The standard InChI is InChI=1S/C36H33N5O4S2/c1-22-9-7-10-25(17-22)18-31(39-34(44)26-11-5-4-6-12-26)35(45)38-27-13-8-14-28(19-27)46-23(2)33(43)40-36-30(20-37)29-15-16-41(24(3)42)21-32(29)47-36/h4-14,17-19,23H,15-16,21H2,1-3H3,(H,38,45)(H,39,44)(H,40,43)/b31-18+. The minimum atomic E-state index is -0.526. The molecular weight excluding hydrogens is 631 g/mol. The lowest BCUT2D eigenvalue weighted by Gasteiger charge is -2.25. The maximum Gasteiger partial charge on any atom is 0.272 e. The molecule has 4 aromatic rings. The number of hydrogen-bond donors (Lipinski definition) is 3. The average molecular weight is 664 g/mol.